The summed E-state index contributed by atoms with van der Waals surface area (Å²) in [7, 11) is 0. The first-order valence-corrected chi connectivity index (χ1v) is 5.58. The minimum atomic E-state index is -4.49. The number of hydrogen-bond acceptors (Lipinski definition) is 2. The number of alkyl halides is 3. The molecule has 2 nitrogen and oxygen atoms in total. The smallest absolute Gasteiger partial charge is 0.271 e. The van der Waals surface area contributed by atoms with E-state index in [0.29, 0.717) is 6.42 Å². The number of hydrazine groups is 1. The summed E-state index contributed by atoms with van der Waals surface area (Å²) < 4.78 is 51.2. The lowest BCUT2D eigenvalue weighted by Crippen LogP contribution is -2.30. The van der Waals surface area contributed by atoms with Crippen LogP contribution in [-0.2, 0) is 6.18 Å². The second-order valence-corrected chi connectivity index (χ2v) is 4.58. The number of rotatable bonds is 4. The Labute approximate surface area is 103 Å². The topological polar surface area (TPSA) is 38.0 Å². The number of halogens is 4. The van der Waals surface area contributed by atoms with Crippen LogP contribution < -0.4 is 11.3 Å². The van der Waals surface area contributed by atoms with E-state index < -0.39 is 23.6 Å². The van der Waals surface area contributed by atoms with Gasteiger partial charge in [0.25, 0.3) is 0 Å². The van der Waals surface area contributed by atoms with Crippen LogP contribution in [0.25, 0.3) is 0 Å². The lowest BCUT2D eigenvalue weighted by atomic mass is 9.95. The van der Waals surface area contributed by atoms with Crippen molar-refractivity contribution in [3.63, 3.8) is 0 Å². The molecule has 1 atom stereocenters. The minimum absolute atomic E-state index is 0.0546. The summed E-state index contributed by atoms with van der Waals surface area (Å²) in [4.78, 5) is 0. The van der Waals surface area contributed by atoms with E-state index in [4.69, 9.17) is 5.84 Å². The average molecular weight is 264 g/mol. The van der Waals surface area contributed by atoms with Crippen LogP contribution in [-0.4, -0.2) is 0 Å². The Hall–Kier alpha value is -1.14. The van der Waals surface area contributed by atoms with Crippen LogP contribution in [0.5, 0.6) is 0 Å². The van der Waals surface area contributed by atoms with Gasteiger partial charge in [0, 0.05) is 11.6 Å². The van der Waals surface area contributed by atoms with E-state index in [-0.39, 0.29) is 11.5 Å². The molecule has 0 heterocycles. The lowest BCUT2D eigenvalue weighted by Gasteiger charge is -2.20. The molecule has 1 aromatic rings. The van der Waals surface area contributed by atoms with Crippen molar-refractivity contribution in [2.75, 3.05) is 0 Å². The zero-order valence-electron chi connectivity index (χ0n) is 10.2. The van der Waals surface area contributed by atoms with Gasteiger partial charge >= 0.3 is 6.18 Å². The van der Waals surface area contributed by atoms with Crippen molar-refractivity contribution < 1.29 is 17.6 Å². The summed E-state index contributed by atoms with van der Waals surface area (Å²) in [6.45, 7) is 3.77. The Morgan fingerprint density at radius 3 is 2.33 bits per heavy atom. The molecule has 1 rings (SSSR count). The van der Waals surface area contributed by atoms with Crippen LogP contribution in [0, 0.1) is 11.7 Å². The fourth-order valence-corrected chi connectivity index (χ4v) is 1.74. The maximum atomic E-state index is 13.6. The zero-order valence-corrected chi connectivity index (χ0v) is 10.2. The summed E-state index contributed by atoms with van der Waals surface area (Å²) in [6, 6.07) is 1.72. The molecule has 6 heteroatoms. The Morgan fingerprint density at radius 2 is 1.89 bits per heavy atom. The molecular formula is C12H16F4N2. The van der Waals surface area contributed by atoms with Gasteiger partial charge in [-0.3, -0.25) is 11.3 Å². The fourth-order valence-electron chi connectivity index (χ4n) is 1.74. The molecule has 102 valence electrons. The van der Waals surface area contributed by atoms with Gasteiger partial charge in [-0.05, 0) is 30.5 Å². The monoisotopic (exact) mass is 264 g/mol. The quantitative estimate of drug-likeness (QED) is 0.497. The molecule has 0 aliphatic rings. The van der Waals surface area contributed by atoms with Gasteiger partial charge in [0.15, 0.2) is 0 Å². The molecule has 1 aromatic carbocycles. The van der Waals surface area contributed by atoms with Crippen LogP contribution >= 0.6 is 0 Å². The van der Waals surface area contributed by atoms with Crippen LogP contribution in [0.4, 0.5) is 17.6 Å². The predicted octanol–water partition coefficient (Wildman–Crippen LogP) is 3.40. The van der Waals surface area contributed by atoms with Crippen LogP contribution in [0.1, 0.15) is 37.4 Å². The maximum absolute atomic E-state index is 13.6. The predicted molar refractivity (Wildman–Crippen MR) is 60.9 cm³/mol. The van der Waals surface area contributed by atoms with Gasteiger partial charge in [-0.2, -0.15) is 13.2 Å². The van der Waals surface area contributed by atoms with E-state index in [1.807, 2.05) is 13.8 Å². The summed E-state index contributed by atoms with van der Waals surface area (Å²) in [5.41, 5.74) is 1.43. The number of nitrogens with one attached hydrogen (secondary N) is 1. The number of hydrogen-bond donors (Lipinski definition) is 2. The third-order valence-electron chi connectivity index (χ3n) is 2.61. The highest BCUT2D eigenvalue weighted by Crippen LogP contribution is 2.32. The first-order chi connectivity index (χ1) is 8.25. The van der Waals surface area contributed by atoms with Crippen molar-refractivity contribution >= 4 is 0 Å². The van der Waals surface area contributed by atoms with Gasteiger partial charge in [-0.15, -0.1) is 0 Å². The number of nitrogens with two attached hydrogens (primary N) is 1. The van der Waals surface area contributed by atoms with Crippen LogP contribution in [0.3, 0.4) is 0 Å². The van der Waals surface area contributed by atoms with Gasteiger partial charge < -0.3 is 0 Å². The summed E-state index contributed by atoms with van der Waals surface area (Å²) in [6.07, 6.45) is -4.03. The molecule has 0 aliphatic carbocycles. The Kier molecular flexibility index (Phi) is 4.70. The van der Waals surface area contributed by atoms with Crippen molar-refractivity contribution in [1.82, 2.24) is 5.43 Å². The van der Waals surface area contributed by atoms with Crippen molar-refractivity contribution in [1.29, 1.82) is 0 Å². The SMILES string of the molecule is CC(C)CC(NN)c1cc(C(F)(F)F)ccc1F. The highest BCUT2D eigenvalue weighted by atomic mass is 19.4. The van der Waals surface area contributed by atoms with Crippen molar-refractivity contribution in [3.8, 4) is 0 Å². The molecule has 0 aromatic heterocycles. The fraction of sp³-hybridized carbons (Fsp3) is 0.500. The summed E-state index contributed by atoms with van der Waals surface area (Å²) in [5, 5.41) is 0. The molecule has 1 unspecified atom stereocenters. The molecule has 0 amide bonds. The third kappa shape index (κ3) is 3.68. The van der Waals surface area contributed by atoms with Gasteiger partial charge in [-0.1, -0.05) is 13.8 Å². The Bertz CT molecular complexity index is 402. The molecule has 18 heavy (non-hydrogen) atoms. The highest BCUT2D eigenvalue weighted by Gasteiger charge is 2.32. The Balaban J connectivity index is 3.13. The van der Waals surface area contributed by atoms with E-state index in [2.05, 4.69) is 5.43 Å². The Morgan fingerprint density at radius 1 is 1.28 bits per heavy atom. The first-order valence-electron chi connectivity index (χ1n) is 5.58. The van der Waals surface area contributed by atoms with Gasteiger partial charge in [0.05, 0.1) is 5.56 Å². The zero-order chi connectivity index (χ0) is 13.9. The third-order valence-corrected chi connectivity index (χ3v) is 2.61. The molecule has 0 fully saturated rings. The van der Waals surface area contributed by atoms with E-state index in [0.717, 1.165) is 18.2 Å². The molecule has 0 saturated carbocycles. The molecule has 0 bridgehead atoms. The van der Waals surface area contributed by atoms with Crippen LogP contribution in [0.2, 0.25) is 0 Å². The summed E-state index contributed by atoms with van der Waals surface area (Å²) >= 11 is 0. The second kappa shape index (κ2) is 5.67. The van der Waals surface area contributed by atoms with E-state index in [9.17, 15) is 17.6 Å². The molecule has 0 radical (unpaired) electrons. The highest BCUT2D eigenvalue weighted by molar-refractivity contribution is 5.29. The minimum Gasteiger partial charge on any atom is -0.271 e. The molecule has 3 N–H and O–H groups in total. The molecular weight excluding hydrogens is 248 g/mol. The van der Waals surface area contributed by atoms with Gasteiger partial charge in [0.1, 0.15) is 5.82 Å². The largest absolute Gasteiger partial charge is 0.416 e. The normalized spacial score (nSPS) is 14.0. The van der Waals surface area contributed by atoms with E-state index in [1.165, 1.54) is 0 Å². The standard InChI is InChI=1S/C12H16F4N2/c1-7(2)5-11(18-17)9-6-8(12(14,15)16)3-4-10(9)13/h3-4,6-7,11,18H,5,17H2,1-2H3. The maximum Gasteiger partial charge on any atom is 0.416 e. The van der Waals surface area contributed by atoms with Gasteiger partial charge in [0.2, 0.25) is 0 Å². The summed E-state index contributed by atoms with van der Waals surface area (Å²) in [5.74, 6) is 4.78. The second-order valence-electron chi connectivity index (χ2n) is 4.58. The molecule has 0 spiro atoms. The number of benzene rings is 1. The van der Waals surface area contributed by atoms with Crippen molar-refractivity contribution in [3.05, 3.63) is 35.1 Å². The molecule has 0 saturated heterocycles. The van der Waals surface area contributed by atoms with Gasteiger partial charge in [-0.25, -0.2) is 4.39 Å². The van der Waals surface area contributed by atoms with Crippen LogP contribution in [0.15, 0.2) is 18.2 Å². The van der Waals surface area contributed by atoms with Crippen molar-refractivity contribution in [2.45, 2.75) is 32.5 Å². The van der Waals surface area contributed by atoms with E-state index in [1.54, 1.807) is 0 Å². The molecule has 0 aliphatic heterocycles. The first kappa shape index (κ1) is 14.9. The lowest BCUT2D eigenvalue weighted by molar-refractivity contribution is -0.137. The van der Waals surface area contributed by atoms with Crippen molar-refractivity contribution in [2.24, 2.45) is 11.8 Å². The average Bonchev–Trinajstić information content (AvgIpc) is 2.25. The van der Waals surface area contributed by atoms with E-state index >= 15 is 0 Å².